The second kappa shape index (κ2) is 7.53. The van der Waals surface area contributed by atoms with Crippen LogP contribution < -0.4 is 9.47 Å². The van der Waals surface area contributed by atoms with Gasteiger partial charge in [-0.3, -0.25) is 14.7 Å². The number of rotatable bonds is 3. The van der Waals surface area contributed by atoms with Crippen molar-refractivity contribution in [3.8, 4) is 22.8 Å². The molecule has 28 heavy (non-hydrogen) atoms. The predicted octanol–water partition coefficient (Wildman–Crippen LogP) is 1.79. The van der Waals surface area contributed by atoms with Crippen LogP contribution in [0.4, 0.5) is 0 Å². The molecule has 1 aromatic heterocycles. The van der Waals surface area contributed by atoms with Crippen LogP contribution in [0.25, 0.3) is 11.3 Å². The van der Waals surface area contributed by atoms with E-state index in [1.807, 2.05) is 36.9 Å². The van der Waals surface area contributed by atoms with Crippen LogP contribution in [0.5, 0.6) is 11.5 Å². The first-order valence-corrected chi connectivity index (χ1v) is 9.56. The largest absolute Gasteiger partial charge is 0.486 e. The minimum atomic E-state index is -0.0877. The molecule has 0 unspecified atom stereocenters. The molecular weight excluding hydrogens is 360 g/mol. The van der Waals surface area contributed by atoms with Gasteiger partial charge >= 0.3 is 0 Å². The van der Waals surface area contributed by atoms with Gasteiger partial charge in [0.25, 0.3) is 5.91 Å². The lowest BCUT2D eigenvalue weighted by atomic mass is 10.1. The molecule has 2 aromatic rings. The lowest BCUT2D eigenvalue weighted by Gasteiger charge is -2.35. The fourth-order valence-corrected chi connectivity index (χ4v) is 3.53. The first kappa shape index (κ1) is 18.3. The van der Waals surface area contributed by atoms with E-state index in [4.69, 9.17) is 9.47 Å². The monoisotopic (exact) mass is 384 g/mol. The van der Waals surface area contributed by atoms with Gasteiger partial charge in [-0.2, -0.15) is 5.10 Å². The van der Waals surface area contributed by atoms with Crippen molar-refractivity contribution in [1.29, 1.82) is 0 Å². The van der Waals surface area contributed by atoms with E-state index < -0.39 is 0 Å². The number of carbonyl (C=O) groups excluding carboxylic acids is 2. The Bertz CT molecular complexity index is 884. The molecule has 0 bridgehead atoms. The fraction of sp³-hybridized carbons (Fsp3) is 0.450. The predicted molar refractivity (Wildman–Crippen MR) is 102 cm³/mol. The molecule has 2 aliphatic rings. The van der Waals surface area contributed by atoms with Gasteiger partial charge in [0, 0.05) is 37.7 Å². The van der Waals surface area contributed by atoms with Crippen molar-refractivity contribution in [2.24, 2.45) is 5.92 Å². The summed E-state index contributed by atoms with van der Waals surface area (Å²) in [6, 6.07) is 5.59. The van der Waals surface area contributed by atoms with Crippen molar-refractivity contribution in [3.05, 3.63) is 30.0 Å². The number of piperazine rings is 1. The fourth-order valence-electron chi connectivity index (χ4n) is 3.53. The van der Waals surface area contributed by atoms with Crippen molar-refractivity contribution < 1.29 is 19.1 Å². The first-order valence-electron chi connectivity index (χ1n) is 9.56. The quantitative estimate of drug-likeness (QED) is 0.872. The Kier molecular flexibility index (Phi) is 4.93. The lowest BCUT2D eigenvalue weighted by Crippen LogP contribution is -2.51. The van der Waals surface area contributed by atoms with Gasteiger partial charge in [-0.25, -0.2) is 0 Å². The number of hydrogen-bond acceptors (Lipinski definition) is 5. The molecular formula is C20H24N4O4. The molecule has 0 spiro atoms. The molecule has 8 nitrogen and oxygen atoms in total. The third-order valence-corrected chi connectivity index (χ3v) is 5.07. The van der Waals surface area contributed by atoms with Crippen LogP contribution in [0, 0.1) is 5.92 Å². The number of aromatic amines is 1. The molecule has 8 heteroatoms. The Balaban J connectivity index is 1.50. The van der Waals surface area contributed by atoms with E-state index >= 15 is 0 Å². The van der Waals surface area contributed by atoms with Crippen LogP contribution in [0.1, 0.15) is 24.2 Å². The van der Waals surface area contributed by atoms with Gasteiger partial charge in [0.1, 0.15) is 13.2 Å². The minimum Gasteiger partial charge on any atom is -0.486 e. The summed E-state index contributed by atoms with van der Waals surface area (Å²) in [6.07, 6.45) is 1.56. The Morgan fingerprint density at radius 2 is 1.71 bits per heavy atom. The number of fused-ring (bicyclic) bond motifs is 1. The Hall–Kier alpha value is -3.03. The normalized spacial score (nSPS) is 16.4. The molecule has 0 saturated carbocycles. The second-order valence-corrected chi connectivity index (χ2v) is 7.29. The van der Waals surface area contributed by atoms with Crippen LogP contribution in [-0.4, -0.2) is 71.2 Å². The van der Waals surface area contributed by atoms with Crippen molar-refractivity contribution in [1.82, 2.24) is 20.0 Å². The van der Waals surface area contributed by atoms with Gasteiger partial charge in [-0.15, -0.1) is 0 Å². The zero-order valence-corrected chi connectivity index (χ0v) is 16.1. The van der Waals surface area contributed by atoms with Crippen LogP contribution in [0.2, 0.25) is 0 Å². The Morgan fingerprint density at radius 3 is 2.43 bits per heavy atom. The molecule has 1 fully saturated rings. The first-order chi connectivity index (χ1) is 13.5. The number of nitrogens with one attached hydrogen (secondary N) is 1. The third kappa shape index (κ3) is 3.42. The summed E-state index contributed by atoms with van der Waals surface area (Å²) in [5, 5.41) is 7.02. The number of carbonyl (C=O) groups is 2. The molecule has 0 radical (unpaired) electrons. The topological polar surface area (TPSA) is 87.8 Å². The van der Waals surface area contributed by atoms with Crippen molar-refractivity contribution in [3.63, 3.8) is 0 Å². The number of H-pyrrole nitrogens is 1. The number of nitrogens with zero attached hydrogens (tertiary/aromatic N) is 3. The summed E-state index contributed by atoms with van der Waals surface area (Å²) in [4.78, 5) is 28.8. The smallest absolute Gasteiger partial charge is 0.257 e. The summed E-state index contributed by atoms with van der Waals surface area (Å²) in [6.45, 7) is 6.97. The maximum absolute atomic E-state index is 13.1. The second-order valence-electron chi connectivity index (χ2n) is 7.29. The summed E-state index contributed by atoms with van der Waals surface area (Å²) < 4.78 is 11.2. The summed E-state index contributed by atoms with van der Waals surface area (Å²) in [5.41, 5.74) is 1.99. The summed E-state index contributed by atoms with van der Waals surface area (Å²) in [5.74, 6) is 1.38. The molecule has 148 valence electrons. The Labute approximate surface area is 163 Å². The number of hydrogen-bond donors (Lipinski definition) is 1. The number of aromatic nitrogens is 2. The minimum absolute atomic E-state index is 0.0297. The van der Waals surface area contributed by atoms with Gasteiger partial charge in [0.05, 0.1) is 17.5 Å². The molecule has 0 aliphatic carbocycles. The molecule has 0 atom stereocenters. The average molecular weight is 384 g/mol. The van der Waals surface area contributed by atoms with Crippen molar-refractivity contribution in [2.75, 3.05) is 39.4 Å². The van der Waals surface area contributed by atoms with E-state index in [-0.39, 0.29) is 17.7 Å². The van der Waals surface area contributed by atoms with E-state index in [1.54, 1.807) is 11.1 Å². The molecule has 3 heterocycles. The van der Waals surface area contributed by atoms with Gasteiger partial charge in [0.2, 0.25) is 5.91 Å². The molecule has 1 N–H and O–H groups in total. The standard InChI is InChI=1S/C20H24N4O4/c1-13(2)19(25)23-5-7-24(8-6-23)20(26)15-12-21-22-18(15)14-3-4-16-17(11-14)28-10-9-27-16/h3-4,11-13H,5-10H2,1-2H3,(H,21,22). The maximum Gasteiger partial charge on any atom is 0.257 e. The average Bonchev–Trinajstić information content (AvgIpc) is 3.22. The molecule has 4 rings (SSSR count). The molecule has 2 aliphatic heterocycles. The number of amides is 2. The summed E-state index contributed by atoms with van der Waals surface area (Å²) >= 11 is 0. The van der Waals surface area contributed by atoms with Gasteiger partial charge in [-0.05, 0) is 18.2 Å². The molecule has 1 saturated heterocycles. The van der Waals surface area contributed by atoms with E-state index in [1.165, 1.54) is 0 Å². The van der Waals surface area contributed by atoms with Crippen LogP contribution in [-0.2, 0) is 4.79 Å². The molecule has 1 aromatic carbocycles. The zero-order valence-electron chi connectivity index (χ0n) is 16.1. The zero-order chi connectivity index (χ0) is 19.7. The Morgan fingerprint density at radius 1 is 1.04 bits per heavy atom. The van der Waals surface area contributed by atoms with Crippen molar-refractivity contribution >= 4 is 11.8 Å². The van der Waals surface area contributed by atoms with Crippen molar-refractivity contribution in [2.45, 2.75) is 13.8 Å². The van der Waals surface area contributed by atoms with Gasteiger partial charge in [-0.1, -0.05) is 13.8 Å². The van der Waals surface area contributed by atoms with Crippen LogP contribution >= 0.6 is 0 Å². The maximum atomic E-state index is 13.1. The highest BCUT2D eigenvalue weighted by Crippen LogP contribution is 2.35. The van der Waals surface area contributed by atoms with E-state index in [0.717, 1.165) is 5.56 Å². The van der Waals surface area contributed by atoms with E-state index in [2.05, 4.69) is 10.2 Å². The lowest BCUT2D eigenvalue weighted by molar-refractivity contribution is -0.135. The SMILES string of the molecule is CC(C)C(=O)N1CCN(C(=O)c2cn[nH]c2-c2ccc3c(c2)OCCO3)CC1. The highest BCUT2D eigenvalue weighted by Gasteiger charge is 2.28. The number of benzene rings is 1. The van der Waals surface area contributed by atoms with Gasteiger partial charge < -0.3 is 19.3 Å². The van der Waals surface area contributed by atoms with E-state index in [0.29, 0.717) is 62.1 Å². The van der Waals surface area contributed by atoms with Crippen LogP contribution in [0.3, 0.4) is 0 Å². The van der Waals surface area contributed by atoms with E-state index in [9.17, 15) is 9.59 Å². The highest BCUT2D eigenvalue weighted by atomic mass is 16.6. The number of ether oxygens (including phenoxy) is 2. The van der Waals surface area contributed by atoms with Crippen LogP contribution in [0.15, 0.2) is 24.4 Å². The van der Waals surface area contributed by atoms with Gasteiger partial charge in [0.15, 0.2) is 11.5 Å². The molecule has 2 amide bonds. The third-order valence-electron chi connectivity index (χ3n) is 5.07. The summed E-state index contributed by atoms with van der Waals surface area (Å²) in [7, 11) is 0. The highest BCUT2D eigenvalue weighted by molar-refractivity contribution is 6.00.